The molecule has 0 heterocycles. The van der Waals surface area contributed by atoms with Gasteiger partial charge >= 0.3 is 0 Å². The van der Waals surface area contributed by atoms with Crippen LogP contribution in [0.5, 0.6) is 0 Å². The SMILES string of the molecule is CC(C)C(C)(C)NCCCCN. The van der Waals surface area contributed by atoms with Crippen molar-refractivity contribution in [2.45, 2.75) is 46.1 Å². The molecule has 0 amide bonds. The van der Waals surface area contributed by atoms with Crippen LogP contribution in [-0.4, -0.2) is 18.6 Å². The first-order valence-corrected chi connectivity index (χ1v) is 4.96. The fourth-order valence-corrected chi connectivity index (χ4v) is 0.884. The Morgan fingerprint density at radius 1 is 1.25 bits per heavy atom. The predicted molar refractivity (Wildman–Crippen MR) is 55.2 cm³/mol. The van der Waals surface area contributed by atoms with E-state index in [2.05, 4.69) is 33.0 Å². The Balaban J connectivity index is 3.47. The van der Waals surface area contributed by atoms with E-state index in [-0.39, 0.29) is 5.54 Å². The van der Waals surface area contributed by atoms with Crippen LogP contribution >= 0.6 is 0 Å². The van der Waals surface area contributed by atoms with Gasteiger partial charge in [0.05, 0.1) is 0 Å². The summed E-state index contributed by atoms with van der Waals surface area (Å²) in [6.07, 6.45) is 2.31. The van der Waals surface area contributed by atoms with E-state index in [9.17, 15) is 0 Å². The number of nitrogens with one attached hydrogen (secondary N) is 1. The molecule has 0 rings (SSSR count). The molecule has 0 radical (unpaired) electrons. The van der Waals surface area contributed by atoms with Crippen LogP contribution in [0, 0.1) is 5.92 Å². The van der Waals surface area contributed by atoms with Crippen molar-refractivity contribution in [1.82, 2.24) is 5.32 Å². The zero-order valence-corrected chi connectivity index (χ0v) is 8.98. The average Bonchev–Trinajstić information content (AvgIpc) is 1.98. The molecule has 0 aromatic carbocycles. The van der Waals surface area contributed by atoms with Crippen molar-refractivity contribution < 1.29 is 0 Å². The highest BCUT2D eigenvalue weighted by Gasteiger charge is 2.20. The Morgan fingerprint density at radius 3 is 2.25 bits per heavy atom. The summed E-state index contributed by atoms with van der Waals surface area (Å²) in [6.45, 7) is 10.9. The molecule has 0 bridgehead atoms. The Morgan fingerprint density at radius 2 is 1.83 bits per heavy atom. The first-order valence-electron chi connectivity index (χ1n) is 4.96. The van der Waals surface area contributed by atoms with Crippen LogP contribution in [0.15, 0.2) is 0 Å². The predicted octanol–water partition coefficient (Wildman–Crippen LogP) is 1.75. The van der Waals surface area contributed by atoms with Gasteiger partial charge in [0.25, 0.3) is 0 Å². The van der Waals surface area contributed by atoms with Crippen molar-refractivity contribution in [3.05, 3.63) is 0 Å². The molecule has 0 saturated carbocycles. The van der Waals surface area contributed by atoms with E-state index in [1.807, 2.05) is 0 Å². The van der Waals surface area contributed by atoms with Gasteiger partial charge in [0.2, 0.25) is 0 Å². The van der Waals surface area contributed by atoms with Gasteiger partial charge in [-0.15, -0.1) is 0 Å². The van der Waals surface area contributed by atoms with E-state index in [4.69, 9.17) is 5.73 Å². The maximum absolute atomic E-state index is 5.41. The van der Waals surface area contributed by atoms with Gasteiger partial charge in [0, 0.05) is 5.54 Å². The molecule has 0 atom stereocenters. The van der Waals surface area contributed by atoms with Crippen molar-refractivity contribution in [2.24, 2.45) is 11.7 Å². The zero-order chi connectivity index (χ0) is 9.61. The third-order valence-corrected chi connectivity index (χ3v) is 2.65. The van der Waals surface area contributed by atoms with Crippen LogP contribution in [0.2, 0.25) is 0 Å². The fraction of sp³-hybridized carbons (Fsp3) is 1.00. The Kier molecular flexibility index (Phi) is 5.51. The highest BCUT2D eigenvalue weighted by molar-refractivity contribution is 4.80. The van der Waals surface area contributed by atoms with Gasteiger partial charge in [-0.1, -0.05) is 13.8 Å². The molecule has 0 aliphatic heterocycles. The van der Waals surface area contributed by atoms with Crippen LogP contribution in [0.4, 0.5) is 0 Å². The molecule has 0 aliphatic rings. The van der Waals surface area contributed by atoms with Crippen LogP contribution in [0.25, 0.3) is 0 Å². The molecule has 0 unspecified atom stereocenters. The molecule has 0 aromatic rings. The van der Waals surface area contributed by atoms with Gasteiger partial charge in [-0.2, -0.15) is 0 Å². The highest BCUT2D eigenvalue weighted by atomic mass is 15.0. The third kappa shape index (κ3) is 4.73. The van der Waals surface area contributed by atoms with Gasteiger partial charge < -0.3 is 11.1 Å². The summed E-state index contributed by atoms with van der Waals surface area (Å²) in [5.74, 6) is 0.676. The van der Waals surface area contributed by atoms with E-state index in [0.717, 1.165) is 19.5 Å². The van der Waals surface area contributed by atoms with Gasteiger partial charge in [-0.05, 0) is 45.7 Å². The van der Waals surface area contributed by atoms with Crippen molar-refractivity contribution in [3.63, 3.8) is 0 Å². The Bertz CT molecular complexity index is 108. The van der Waals surface area contributed by atoms with Gasteiger partial charge in [0.1, 0.15) is 0 Å². The molecule has 0 aliphatic carbocycles. The van der Waals surface area contributed by atoms with Crippen molar-refractivity contribution in [2.75, 3.05) is 13.1 Å². The lowest BCUT2D eigenvalue weighted by atomic mass is 9.91. The molecule has 74 valence electrons. The van der Waals surface area contributed by atoms with E-state index >= 15 is 0 Å². The highest BCUT2D eigenvalue weighted by Crippen LogP contribution is 2.14. The zero-order valence-electron chi connectivity index (χ0n) is 8.98. The quantitative estimate of drug-likeness (QED) is 0.599. The molecule has 2 heteroatoms. The summed E-state index contributed by atoms with van der Waals surface area (Å²) in [6, 6.07) is 0. The minimum atomic E-state index is 0.259. The maximum atomic E-state index is 5.41. The lowest BCUT2D eigenvalue weighted by molar-refractivity contribution is 0.287. The van der Waals surface area contributed by atoms with Gasteiger partial charge in [-0.25, -0.2) is 0 Å². The first kappa shape index (κ1) is 11.9. The first-order chi connectivity index (χ1) is 5.50. The number of nitrogens with two attached hydrogens (primary N) is 1. The van der Waals surface area contributed by atoms with Gasteiger partial charge in [0.15, 0.2) is 0 Å². The topological polar surface area (TPSA) is 38.0 Å². The Hall–Kier alpha value is -0.0800. The number of hydrogen-bond donors (Lipinski definition) is 2. The smallest absolute Gasteiger partial charge is 0.0148 e. The fourth-order valence-electron chi connectivity index (χ4n) is 0.884. The number of hydrogen-bond acceptors (Lipinski definition) is 2. The summed E-state index contributed by atoms with van der Waals surface area (Å²) in [5.41, 5.74) is 5.67. The molecule has 0 saturated heterocycles. The van der Waals surface area contributed by atoms with E-state index < -0.39 is 0 Å². The van der Waals surface area contributed by atoms with Crippen LogP contribution in [0.1, 0.15) is 40.5 Å². The summed E-state index contributed by atoms with van der Waals surface area (Å²) in [4.78, 5) is 0. The largest absolute Gasteiger partial charge is 0.330 e. The normalized spacial score (nSPS) is 12.5. The molecular weight excluding hydrogens is 148 g/mol. The molecule has 0 aromatic heterocycles. The minimum Gasteiger partial charge on any atom is -0.330 e. The molecule has 0 fully saturated rings. The van der Waals surface area contributed by atoms with E-state index in [1.165, 1.54) is 6.42 Å². The second-order valence-electron chi connectivity index (χ2n) is 4.30. The number of unbranched alkanes of at least 4 members (excludes halogenated alkanes) is 1. The second kappa shape index (κ2) is 5.55. The van der Waals surface area contributed by atoms with Gasteiger partial charge in [-0.3, -0.25) is 0 Å². The molecule has 0 spiro atoms. The van der Waals surface area contributed by atoms with Crippen molar-refractivity contribution in [3.8, 4) is 0 Å². The Labute approximate surface area is 76.9 Å². The van der Waals surface area contributed by atoms with E-state index in [0.29, 0.717) is 5.92 Å². The molecule has 2 nitrogen and oxygen atoms in total. The monoisotopic (exact) mass is 172 g/mol. The van der Waals surface area contributed by atoms with Crippen LogP contribution in [0.3, 0.4) is 0 Å². The third-order valence-electron chi connectivity index (χ3n) is 2.65. The maximum Gasteiger partial charge on any atom is 0.0148 e. The lowest BCUT2D eigenvalue weighted by Gasteiger charge is -2.30. The minimum absolute atomic E-state index is 0.259. The van der Waals surface area contributed by atoms with Crippen molar-refractivity contribution in [1.29, 1.82) is 0 Å². The molecule has 12 heavy (non-hydrogen) atoms. The van der Waals surface area contributed by atoms with Crippen LogP contribution < -0.4 is 11.1 Å². The summed E-state index contributed by atoms with van der Waals surface area (Å²) < 4.78 is 0. The summed E-state index contributed by atoms with van der Waals surface area (Å²) in [7, 11) is 0. The average molecular weight is 172 g/mol. The second-order valence-corrected chi connectivity index (χ2v) is 4.30. The summed E-state index contributed by atoms with van der Waals surface area (Å²) in [5, 5.41) is 3.54. The van der Waals surface area contributed by atoms with Crippen molar-refractivity contribution >= 4 is 0 Å². The molecule has 3 N–H and O–H groups in total. The van der Waals surface area contributed by atoms with E-state index in [1.54, 1.807) is 0 Å². The standard InChI is InChI=1S/C10H24N2/c1-9(2)10(3,4)12-8-6-5-7-11/h9,12H,5-8,11H2,1-4H3. The molecular formula is C10H24N2. The number of rotatable bonds is 6. The summed E-state index contributed by atoms with van der Waals surface area (Å²) >= 11 is 0. The van der Waals surface area contributed by atoms with Crippen LogP contribution in [-0.2, 0) is 0 Å². The lowest BCUT2D eigenvalue weighted by Crippen LogP contribution is -2.44.